The standard InChI is InChI=1S/C21H19ClN6/c1-21(2,3)13-28-11-15(10-24-28)17-5-4-16(9-23)25-20(17)14-6-7-27-12-18(22)26-19(27)8-14/h4-8,10-12H,13H2,1-3H3. The van der Waals surface area contributed by atoms with Gasteiger partial charge in [0.1, 0.15) is 22.6 Å². The van der Waals surface area contributed by atoms with Crippen LogP contribution in [0.3, 0.4) is 0 Å². The van der Waals surface area contributed by atoms with E-state index in [-0.39, 0.29) is 5.41 Å². The molecule has 0 unspecified atom stereocenters. The van der Waals surface area contributed by atoms with Gasteiger partial charge in [0.25, 0.3) is 0 Å². The first-order chi connectivity index (χ1) is 13.3. The molecule has 4 heterocycles. The summed E-state index contributed by atoms with van der Waals surface area (Å²) in [5.41, 5.74) is 4.67. The smallest absolute Gasteiger partial charge is 0.148 e. The summed E-state index contributed by atoms with van der Waals surface area (Å²) >= 11 is 6.01. The van der Waals surface area contributed by atoms with Crippen molar-refractivity contribution in [3.05, 3.63) is 59.9 Å². The molecule has 0 aliphatic rings. The van der Waals surface area contributed by atoms with Crippen molar-refractivity contribution in [3.63, 3.8) is 0 Å². The third kappa shape index (κ3) is 3.62. The maximum Gasteiger partial charge on any atom is 0.148 e. The van der Waals surface area contributed by atoms with Gasteiger partial charge in [0, 0.05) is 41.8 Å². The highest BCUT2D eigenvalue weighted by molar-refractivity contribution is 6.29. The molecule has 4 rings (SSSR count). The SMILES string of the molecule is CC(C)(C)Cn1cc(-c2ccc(C#N)nc2-c2ccn3cc(Cl)nc3c2)cn1. The van der Waals surface area contributed by atoms with Gasteiger partial charge in [-0.05, 0) is 29.7 Å². The van der Waals surface area contributed by atoms with Crippen molar-refractivity contribution >= 4 is 17.2 Å². The maximum absolute atomic E-state index is 9.31. The van der Waals surface area contributed by atoms with Crippen molar-refractivity contribution in [2.24, 2.45) is 5.41 Å². The van der Waals surface area contributed by atoms with Gasteiger partial charge in [0.05, 0.1) is 11.9 Å². The molecule has 0 aromatic carbocycles. The Morgan fingerprint density at radius 3 is 2.68 bits per heavy atom. The number of pyridine rings is 2. The molecule has 0 spiro atoms. The lowest BCUT2D eigenvalue weighted by Crippen LogP contribution is -2.15. The average molecular weight is 391 g/mol. The molecule has 0 fully saturated rings. The van der Waals surface area contributed by atoms with Crippen LogP contribution in [0, 0.1) is 16.7 Å². The number of halogens is 1. The number of nitriles is 1. The van der Waals surface area contributed by atoms with Gasteiger partial charge >= 0.3 is 0 Å². The quantitative estimate of drug-likeness (QED) is 0.502. The first-order valence-electron chi connectivity index (χ1n) is 8.91. The Bertz CT molecular complexity index is 1210. The van der Waals surface area contributed by atoms with Crippen molar-refractivity contribution in [3.8, 4) is 28.5 Å². The predicted molar refractivity (Wildman–Crippen MR) is 109 cm³/mol. The molecular weight excluding hydrogens is 372 g/mol. The maximum atomic E-state index is 9.31. The summed E-state index contributed by atoms with van der Waals surface area (Å²) in [5.74, 6) is 0. The minimum atomic E-state index is 0.125. The van der Waals surface area contributed by atoms with Crippen LogP contribution in [0.4, 0.5) is 0 Å². The third-order valence-electron chi connectivity index (χ3n) is 4.29. The second-order valence-corrected chi connectivity index (χ2v) is 8.32. The van der Waals surface area contributed by atoms with Gasteiger partial charge in [-0.3, -0.25) is 4.68 Å². The zero-order chi connectivity index (χ0) is 19.9. The van der Waals surface area contributed by atoms with Gasteiger partial charge in [0.2, 0.25) is 0 Å². The van der Waals surface area contributed by atoms with Crippen molar-refractivity contribution < 1.29 is 0 Å². The molecule has 4 aromatic heterocycles. The summed E-state index contributed by atoms with van der Waals surface area (Å²) in [6.07, 6.45) is 7.49. The molecular formula is C21H19ClN6. The van der Waals surface area contributed by atoms with Crippen molar-refractivity contribution in [1.29, 1.82) is 5.26 Å². The topological polar surface area (TPSA) is 71.8 Å². The van der Waals surface area contributed by atoms with Gasteiger partial charge in [-0.2, -0.15) is 10.4 Å². The summed E-state index contributed by atoms with van der Waals surface area (Å²) in [6.45, 7) is 7.33. The van der Waals surface area contributed by atoms with E-state index >= 15 is 0 Å². The number of imidazole rings is 1. The molecule has 140 valence electrons. The fraction of sp³-hybridized carbons (Fsp3) is 0.238. The molecule has 0 radical (unpaired) electrons. The van der Waals surface area contributed by atoms with Gasteiger partial charge in [0.15, 0.2) is 0 Å². The van der Waals surface area contributed by atoms with E-state index in [9.17, 15) is 5.26 Å². The zero-order valence-electron chi connectivity index (χ0n) is 15.9. The van der Waals surface area contributed by atoms with Crippen LogP contribution in [-0.2, 0) is 6.54 Å². The zero-order valence-corrected chi connectivity index (χ0v) is 16.6. The highest BCUT2D eigenvalue weighted by atomic mass is 35.5. The molecule has 6 nitrogen and oxygen atoms in total. The van der Waals surface area contributed by atoms with E-state index in [1.54, 1.807) is 12.3 Å². The molecule has 28 heavy (non-hydrogen) atoms. The number of fused-ring (bicyclic) bond motifs is 1. The van der Waals surface area contributed by atoms with E-state index in [1.165, 1.54) is 0 Å². The number of hydrogen-bond donors (Lipinski definition) is 0. The largest absolute Gasteiger partial charge is 0.305 e. The molecule has 0 aliphatic heterocycles. The number of rotatable bonds is 3. The summed E-state index contributed by atoms with van der Waals surface area (Å²) in [5, 5.41) is 14.2. The van der Waals surface area contributed by atoms with Crippen LogP contribution in [0.1, 0.15) is 26.5 Å². The summed E-state index contributed by atoms with van der Waals surface area (Å²) in [7, 11) is 0. The van der Waals surface area contributed by atoms with Crippen LogP contribution >= 0.6 is 11.6 Å². The highest BCUT2D eigenvalue weighted by Crippen LogP contribution is 2.32. The van der Waals surface area contributed by atoms with Crippen LogP contribution in [0.2, 0.25) is 5.15 Å². The van der Waals surface area contributed by atoms with E-state index in [1.807, 2.05) is 45.9 Å². The minimum absolute atomic E-state index is 0.125. The van der Waals surface area contributed by atoms with Gasteiger partial charge in [-0.15, -0.1) is 0 Å². The normalized spacial score (nSPS) is 11.7. The highest BCUT2D eigenvalue weighted by Gasteiger charge is 2.16. The Hall–Kier alpha value is -3.17. The van der Waals surface area contributed by atoms with Gasteiger partial charge < -0.3 is 4.40 Å². The lowest BCUT2D eigenvalue weighted by atomic mass is 9.97. The van der Waals surface area contributed by atoms with Crippen LogP contribution in [0.25, 0.3) is 28.0 Å². The van der Waals surface area contributed by atoms with E-state index < -0.39 is 0 Å². The van der Waals surface area contributed by atoms with E-state index in [0.717, 1.165) is 34.6 Å². The van der Waals surface area contributed by atoms with Crippen LogP contribution in [0.5, 0.6) is 0 Å². The van der Waals surface area contributed by atoms with Gasteiger partial charge in [-0.25, -0.2) is 9.97 Å². The second-order valence-electron chi connectivity index (χ2n) is 7.94. The Kier molecular flexibility index (Phi) is 4.40. The van der Waals surface area contributed by atoms with E-state index in [0.29, 0.717) is 10.8 Å². The number of aromatic nitrogens is 5. The van der Waals surface area contributed by atoms with Crippen LogP contribution in [-0.4, -0.2) is 24.1 Å². The summed E-state index contributed by atoms with van der Waals surface area (Å²) in [6, 6.07) is 9.62. The molecule has 0 bridgehead atoms. The Morgan fingerprint density at radius 2 is 1.93 bits per heavy atom. The number of nitrogens with zero attached hydrogens (tertiary/aromatic N) is 6. The van der Waals surface area contributed by atoms with Gasteiger partial charge in [-0.1, -0.05) is 32.4 Å². The predicted octanol–water partition coefficient (Wildman–Crippen LogP) is 4.83. The monoisotopic (exact) mass is 390 g/mol. The third-order valence-corrected chi connectivity index (χ3v) is 4.48. The van der Waals surface area contributed by atoms with E-state index in [2.05, 4.69) is 41.9 Å². The summed E-state index contributed by atoms with van der Waals surface area (Å²) < 4.78 is 3.79. The molecule has 0 N–H and O–H groups in total. The molecule has 0 aliphatic carbocycles. The molecule has 7 heteroatoms. The van der Waals surface area contributed by atoms with E-state index in [4.69, 9.17) is 11.6 Å². The first kappa shape index (κ1) is 18.2. The fourth-order valence-electron chi connectivity index (χ4n) is 3.15. The first-order valence-corrected chi connectivity index (χ1v) is 9.29. The Morgan fingerprint density at radius 1 is 1.11 bits per heavy atom. The molecule has 0 saturated heterocycles. The lowest BCUT2D eigenvalue weighted by molar-refractivity contribution is 0.325. The fourth-order valence-corrected chi connectivity index (χ4v) is 3.34. The van der Waals surface area contributed by atoms with Crippen molar-refractivity contribution in [2.75, 3.05) is 0 Å². The van der Waals surface area contributed by atoms with Crippen molar-refractivity contribution in [1.82, 2.24) is 24.1 Å². The molecule has 4 aromatic rings. The molecule has 0 atom stereocenters. The summed E-state index contributed by atoms with van der Waals surface area (Å²) in [4.78, 5) is 8.87. The molecule has 0 amide bonds. The van der Waals surface area contributed by atoms with Crippen LogP contribution in [0.15, 0.2) is 49.1 Å². The minimum Gasteiger partial charge on any atom is -0.305 e. The Balaban J connectivity index is 1.83. The lowest BCUT2D eigenvalue weighted by Gasteiger charge is -2.17. The second kappa shape index (κ2) is 6.77. The average Bonchev–Trinajstić information content (AvgIpc) is 3.24. The van der Waals surface area contributed by atoms with Crippen LogP contribution < -0.4 is 0 Å². The molecule has 0 saturated carbocycles. The Labute approximate surface area is 168 Å². The number of hydrogen-bond acceptors (Lipinski definition) is 4. The van der Waals surface area contributed by atoms with Crippen molar-refractivity contribution in [2.45, 2.75) is 27.3 Å².